The molecule has 3 heterocycles. The van der Waals surface area contributed by atoms with Crippen LogP contribution in [0.2, 0.25) is 0 Å². The van der Waals surface area contributed by atoms with E-state index in [-0.39, 0.29) is 12.1 Å². The van der Waals surface area contributed by atoms with E-state index < -0.39 is 13.0 Å². The normalized spacial score (nSPS) is 24.7. The molecule has 27 heavy (non-hydrogen) atoms. The number of nitrogens with one attached hydrogen (secondary N) is 1. The van der Waals surface area contributed by atoms with Gasteiger partial charge in [-0.15, -0.1) is 0 Å². The summed E-state index contributed by atoms with van der Waals surface area (Å²) >= 11 is 0. The van der Waals surface area contributed by atoms with Gasteiger partial charge in [0.2, 0.25) is 0 Å². The Labute approximate surface area is 157 Å². The topological polar surface area (TPSA) is 112 Å². The van der Waals surface area contributed by atoms with Gasteiger partial charge in [-0.2, -0.15) is 5.10 Å². The molecule has 142 valence electrons. The maximum absolute atomic E-state index is 11.9. The zero-order valence-electron chi connectivity index (χ0n) is 15.4. The maximum atomic E-state index is 11.9. The number of primary amides is 1. The molecule has 2 aliphatic heterocycles. The van der Waals surface area contributed by atoms with E-state index in [0.717, 1.165) is 29.7 Å². The molecule has 9 heteroatoms. The number of fused-ring (bicyclic) bond motifs is 1. The summed E-state index contributed by atoms with van der Waals surface area (Å²) in [4.78, 5) is 11.9. The molecule has 1 unspecified atom stereocenters. The molecule has 0 spiro atoms. The van der Waals surface area contributed by atoms with Gasteiger partial charge < -0.3 is 25.5 Å². The van der Waals surface area contributed by atoms with Crippen LogP contribution in [0, 0.1) is 5.92 Å². The van der Waals surface area contributed by atoms with E-state index >= 15 is 0 Å². The average Bonchev–Trinajstić information content (AvgIpc) is 3.17. The minimum absolute atomic E-state index is 0.0657. The smallest absolute Gasteiger partial charge is 0.423 e. The summed E-state index contributed by atoms with van der Waals surface area (Å²) in [6, 6.07) is 5.59. The number of anilines is 2. The fourth-order valence-corrected chi connectivity index (χ4v) is 3.71. The van der Waals surface area contributed by atoms with Crippen molar-refractivity contribution in [1.29, 1.82) is 0 Å². The third-order valence-electron chi connectivity index (χ3n) is 5.39. The highest BCUT2D eigenvalue weighted by Crippen LogP contribution is 2.30. The quantitative estimate of drug-likeness (QED) is 0.695. The summed E-state index contributed by atoms with van der Waals surface area (Å²) in [5, 5.41) is 17.6. The number of rotatable bonds is 4. The van der Waals surface area contributed by atoms with Crippen LogP contribution < -0.4 is 16.5 Å². The lowest BCUT2D eigenvalue weighted by atomic mass is 9.79. The van der Waals surface area contributed by atoms with Gasteiger partial charge in [0.1, 0.15) is 5.56 Å². The van der Waals surface area contributed by atoms with Crippen LogP contribution in [-0.2, 0) is 9.39 Å². The van der Waals surface area contributed by atoms with Crippen molar-refractivity contribution in [1.82, 2.24) is 9.78 Å². The van der Waals surface area contributed by atoms with Crippen molar-refractivity contribution in [3.8, 4) is 0 Å². The van der Waals surface area contributed by atoms with Crippen LogP contribution in [0.4, 0.5) is 11.5 Å². The van der Waals surface area contributed by atoms with Crippen LogP contribution in [-0.4, -0.2) is 41.0 Å². The van der Waals surface area contributed by atoms with Crippen molar-refractivity contribution in [2.75, 3.05) is 18.5 Å². The largest absolute Gasteiger partial charge is 0.491 e. The Hall–Kier alpha value is -2.36. The van der Waals surface area contributed by atoms with E-state index in [2.05, 4.69) is 17.3 Å². The molecule has 0 bridgehead atoms. The number of carbonyl (C=O) groups is 1. The summed E-state index contributed by atoms with van der Waals surface area (Å²) in [7, 11) is -0.905. The molecule has 4 rings (SSSR count). The summed E-state index contributed by atoms with van der Waals surface area (Å²) in [5.74, 6) is 0.264. The van der Waals surface area contributed by atoms with Crippen molar-refractivity contribution in [2.24, 2.45) is 11.7 Å². The van der Waals surface area contributed by atoms with Gasteiger partial charge in [-0.25, -0.2) is 0 Å². The lowest BCUT2D eigenvalue weighted by Crippen LogP contribution is -2.28. The van der Waals surface area contributed by atoms with Gasteiger partial charge in [-0.1, -0.05) is 13.0 Å². The van der Waals surface area contributed by atoms with Gasteiger partial charge in [-0.05, 0) is 42.4 Å². The first-order valence-electron chi connectivity index (χ1n) is 9.15. The van der Waals surface area contributed by atoms with Crippen LogP contribution in [0.1, 0.15) is 48.3 Å². The Bertz CT molecular complexity index is 871. The second-order valence-corrected chi connectivity index (χ2v) is 7.24. The van der Waals surface area contributed by atoms with Crippen molar-refractivity contribution >= 4 is 30.0 Å². The third-order valence-corrected chi connectivity index (χ3v) is 5.39. The molecule has 0 aliphatic carbocycles. The molecule has 8 nitrogen and oxygen atoms in total. The molecule has 1 saturated heterocycles. The average molecular weight is 370 g/mol. The van der Waals surface area contributed by atoms with Gasteiger partial charge in [0.25, 0.3) is 5.91 Å². The van der Waals surface area contributed by atoms with Gasteiger partial charge in [0, 0.05) is 18.5 Å². The Morgan fingerprint density at radius 2 is 2.26 bits per heavy atom. The summed E-state index contributed by atoms with van der Waals surface area (Å²) in [6.45, 7) is 5.34. The molecule has 2 aliphatic rings. The highest BCUT2D eigenvalue weighted by Gasteiger charge is 2.32. The molecule has 1 aromatic carbocycles. The predicted molar refractivity (Wildman–Crippen MR) is 101 cm³/mol. The molecule has 2 aromatic rings. The molecule has 1 amide bonds. The van der Waals surface area contributed by atoms with E-state index in [0.29, 0.717) is 23.9 Å². The Morgan fingerprint density at radius 3 is 3.00 bits per heavy atom. The molecule has 3 atom stereocenters. The second kappa shape index (κ2) is 6.99. The fraction of sp³-hybridized carbons (Fsp3) is 0.444. The van der Waals surface area contributed by atoms with Crippen LogP contribution in [0.25, 0.3) is 0 Å². The van der Waals surface area contributed by atoms with E-state index in [1.165, 1.54) is 0 Å². The van der Waals surface area contributed by atoms with Crippen molar-refractivity contribution in [3.63, 3.8) is 0 Å². The molecule has 1 fully saturated rings. The van der Waals surface area contributed by atoms with Crippen molar-refractivity contribution in [3.05, 3.63) is 35.5 Å². The SMILES string of the molecule is CC1OB(O)c2ccc(Nc3nn([C@H]4COCC[C@@H]4C)cc3C(N)=O)cc21. The molecular formula is C18H23BN4O4. The summed E-state index contributed by atoms with van der Waals surface area (Å²) in [5.41, 5.74) is 8.30. The number of nitrogens with zero attached hydrogens (tertiary/aromatic N) is 2. The first-order valence-corrected chi connectivity index (χ1v) is 9.15. The minimum atomic E-state index is -0.905. The molecular weight excluding hydrogens is 347 g/mol. The van der Waals surface area contributed by atoms with E-state index in [1.807, 2.05) is 25.1 Å². The van der Waals surface area contributed by atoms with E-state index in [9.17, 15) is 9.82 Å². The fourth-order valence-electron chi connectivity index (χ4n) is 3.71. The summed E-state index contributed by atoms with van der Waals surface area (Å²) < 4.78 is 12.8. The summed E-state index contributed by atoms with van der Waals surface area (Å²) in [6.07, 6.45) is 2.43. The highest BCUT2D eigenvalue weighted by atomic mass is 16.5. The first kappa shape index (κ1) is 18.0. The number of hydrogen-bond acceptors (Lipinski definition) is 6. The van der Waals surface area contributed by atoms with E-state index in [4.69, 9.17) is 15.1 Å². The number of nitrogens with two attached hydrogens (primary N) is 1. The minimum Gasteiger partial charge on any atom is -0.423 e. The number of aromatic nitrogens is 2. The van der Waals surface area contributed by atoms with Gasteiger partial charge in [0.15, 0.2) is 5.82 Å². The molecule has 0 saturated carbocycles. The maximum Gasteiger partial charge on any atom is 0.491 e. The van der Waals surface area contributed by atoms with Gasteiger partial charge in [0.05, 0.1) is 18.8 Å². The molecule has 0 radical (unpaired) electrons. The standard InChI is InChI=1S/C18H23BN4O4/c1-10-5-6-26-9-16(10)23-8-14(17(20)24)18(22-23)21-12-3-4-15-13(7-12)11(2)27-19(15)25/h3-4,7-8,10-11,16,25H,5-6,9H2,1-2H3,(H2,20,24)(H,21,22)/t10-,11?,16-/m0/s1. The number of amides is 1. The Balaban J connectivity index is 1.64. The van der Waals surface area contributed by atoms with Gasteiger partial charge >= 0.3 is 7.12 Å². The highest BCUT2D eigenvalue weighted by molar-refractivity contribution is 6.61. The Kier molecular flexibility index (Phi) is 4.67. The number of hydrogen-bond donors (Lipinski definition) is 3. The van der Waals surface area contributed by atoms with Crippen LogP contribution in [0.5, 0.6) is 0 Å². The molecule has 4 N–H and O–H groups in total. The predicted octanol–water partition coefficient (Wildman–Crippen LogP) is 1.10. The first-order chi connectivity index (χ1) is 12.9. The second-order valence-electron chi connectivity index (χ2n) is 7.24. The number of ether oxygens (including phenoxy) is 1. The van der Waals surface area contributed by atoms with Crippen LogP contribution in [0.3, 0.4) is 0 Å². The third kappa shape index (κ3) is 3.33. The van der Waals surface area contributed by atoms with Crippen molar-refractivity contribution in [2.45, 2.75) is 32.4 Å². The lowest BCUT2D eigenvalue weighted by molar-refractivity contribution is 0.0238. The number of benzene rings is 1. The monoisotopic (exact) mass is 370 g/mol. The Morgan fingerprint density at radius 1 is 1.44 bits per heavy atom. The lowest BCUT2D eigenvalue weighted by Gasteiger charge is -2.28. The number of carbonyl (C=O) groups excluding carboxylic acids is 1. The molecule has 1 aromatic heterocycles. The van der Waals surface area contributed by atoms with Crippen molar-refractivity contribution < 1.29 is 19.2 Å². The van der Waals surface area contributed by atoms with Crippen LogP contribution >= 0.6 is 0 Å². The van der Waals surface area contributed by atoms with Crippen LogP contribution in [0.15, 0.2) is 24.4 Å². The zero-order valence-corrected chi connectivity index (χ0v) is 15.4. The van der Waals surface area contributed by atoms with E-state index in [1.54, 1.807) is 10.9 Å². The van der Waals surface area contributed by atoms with Gasteiger partial charge in [-0.3, -0.25) is 9.48 Å². The zero-order chi connectivity index (χ0) is 19.1.